The number of carbonyl (C=O) groups is 1. The molecule has 2 saturated heterocycles. The number of aliphatic hydroxyl groups is 4. The second-order valence-corrected chi connectivity index (χ2v) is 13.1. The Hall–Kier alpha value is -3.12. The zero-order valence-electron chi connectivity index (χ0n) is 25.7. The number of nitrogens with one attached hydrogen (secondary N) is 1. The van der Waals surface area contributed by atoms with E-state index in [1.54, 1.807) is 25.1 Å². The average molecular weight is 715 g/mol. The van der Waals surface area contributed by atoms with Gasteiger partial charge < -0.3 is 54.1 Å². The van der Waals surface area contributed by atoms with Crippen LogP contribution in [0, 0.1) is 0 Å². The second-order valence-electron chi connectivity index (χ2n) is 11.5. The zero-order chi connectivity index (χ0) is 34.7. The molecule has 16 nitrogen and oxygen atoms in total. The number of halogens is 1. The molecule has 3 fully saturated rings. The Morgan fingerprint density at radius 1 is 1.04 bits per heavy atom. The SMILES string of the molecule is CC(=Cc1ccc(OC2CC(O)C(/C(C)=N/OCc3cccc(Cl)c3)O2)c(OP(=O)(O)O)c1)C(=O)NC1C(O)C(O)C2OCOC2C1O. The van der Waals surface area contributed by atoms with Crippen molar-refractivity contribution >= 4 is 37.1 Å². The highest BCUT2D eigenvalue weighted by atomic mass is 35.5. The minimum absolute atomic E-state index is 0.0194. The van der Waals surface area contributed by atoms with Gasteiger partial charge in [-0.15, -0.1) is 0 Å². The van der Waals surface area contributed by atoms with Crippen molar-refractivity contribution in [2.75, 3.05) is 6.79 Å². The molecule has 9 atom stereocenters. The van der Waals surface area contributed by atoms with Crippen LogP contribution < -0.4 is 14.6 Å². The van der Waals surface area contributed by atoms with Gasteiger partial charge in [-0.1, -0.05) is 35.0 Å². The second kappa shape index (κ2) is 15.2. The van der Waals surface area contributed by atoms with E-state index in [1.807, 2.05) is 6.07 Å². The molecule has 262 valence electrons. The van der Waals surface area contributed by atoms with E-state index in [1.165, 1.54) is 31.2 Å². The van der Waals surface area contributed by atoms with Gasteiger partial charge in [0, 0.05) is 17.0 Å². The molecule has 2 aromatic rings. The average Bonchev–Trinajstić information content (AvgIpc) is 3.66. The van der Waals surface area contributed by atoms with Crippen molar-refractivity contribution in [1.29, 1.82) is 0 Å². The van der Waals surface area contributed by atoms with Gasteiger partial charge in [0.25, 0.3) is 0 Å². The summed E-state index contributed by atoms with van der Waals surface area (Å²) < 4.78 is 38.7. The number of aliphatic hydroxyl groups excluding tert-OH is 4. The first-order chi connectivity index (χ1) is 22.7. The molecule has 7 N–H and O–H groups in total. The molecule has 0 bridgehead atoms. The van der Waals surface area contributed by atoms with Crippen LogP contribution in [0.4, 0.5) is 0 Å². The summed E-state index contributed by atoms with van der Waals surface area (Å²) in [5.74, 6) is -1.22. The van der Waals surface area contributed by atoms with Crippen molar-refractivity contribution in [1.82, 2.24) is 5.32 Å². The predicted molar refractivity (Wildman–Crippen MR) is 167 cm³/mol. The minimum atomic E-state index is -5.08. The standard InChI is InChI=1S/C30H36ClN2O14P/c1-14(30(38)32-23-24(35)26(37)29-28(25(23)36)42-13-43-29)8-16-6-7-20(21(10-16)47-48(39,40)41)45-22-11-19(34)27(46-22)15(2)33-44-12-17-4-3-5-18(31)9-17/h3-10,19,22-29,34-37H,11-13H2,1-2H3,(H,32,38)(H2,39,40,41)/b14-8?,33-15+. The van der Waals surface area contributed by atoms with Crippen LogP contribution in [0.1, 0.15) is 31.4 Å². The molecule has 0 radical (unpaired) electrons. The number of oxime groups is 1. The van der Waals surface area contributed by atoms with Crippen molar-refractivity contribution in [2.24, 2.45) is 5.16 Å². The molecule has 1 aliphatic carbocycles. The van der Waals surface area contributed by atoms with Crippen LogP contribution in [-0.2, 0) is 35.0 Å². The Labute approximate surface area is 279 Å². The molecule has 1 amide bonds. The number of hydrogen-bond donors (Lipinski definition) is 7. The van der Waals surface area contributed by atoms with Crippen LogP contribution in [0.2, 0.25) is 5.02 Å². The summed E-state index contributed by atoms with van der Waals surface area (Å²) in [5.41, 5.74) is 1.45. The van der Waals surface area contributed by atoms with Gasteiger partial charge in [-0.3, -0.25) is 14.6 Å². The van der Waals surface area contributed by atoms with E-state index in [4.69, 9.17) is 39.9 Å². The van der Waals surface area contributed by atoms with E-state index in [2.05, 4.69) is 10.5 Å². The van der Waals surface area contributed by atoms with Crippen molar-refractivity contribution in [3.05, 3.63) is 64.2 Å². The Kier molecular flexibility index (Phi) is 11.4. The highest BCUT2D eigenvalue weighted by Gasteiger charge is 2.53. The first kappa shape index (κ1) is 36.2. The Morgan fingerprint density at radius 2 is 1.77 bits per heavy atom. The lowest BCUT2D eigenvalue weighted by Crippen LogP contribution is -2.67. The highest BCUT2D eigenvalue weighted by Crippen LogP contribution is 2.43. The van der Waals surface area contributed by atoms with Gasteiger partial charge in [0.15, 0.2) is 11.5 Å². The number of ether oxygens (including phenoxy) is 4. The molecule has 5 rings (SSSR count). The zero-order valence-corrected chi connectivity index (χ0v) is 27.3. The quantitative estimate of drug-likeness (QED) is 0.0744. The van der Waals surface area contributed by atoms with E-state index in [0.29, 0.717) is 10.7 Å². The van der Waals surface area contributed by atoms with Gasteiger partial charge in [-0.2, -0.15) is 0 Å². The van der Waals surface area contributed by atoms with Crippen LogP contribution >= 0.6 is 19.4 Å². The van der Waals surface area contributed by atoms with Crippen LogP contribution in [0.15, 0.2) is 53.2 Å². The number of fused-ring (bicyclic) bond motifs is 1. The molecule has 2 aromatic carbocycles. The topological polar surface area (TPSA) is 235 Å². The summed E-state index contributed by atoms with van der Waals surface area (Å²) in [6.45, 7) is 2.97. The fraction of sp³-hybridized carbons (Fsp3) is 0.467. The smallest absolute Gasteiger partial charge is 0.461 e. The van der Waals surface area contributed by atoms with Gasteiger partial charge in [0.05, 0.1) is 17.9 Å². The third kappa shape index (κ3) is 8.72. The Balaban J connectivity index is 1.25. The molecule has 0 aromatic heterocycles. The molecule has 2 aliphatic heterocycles. The summed E-state index contributed by atoms with van der Waals surface area (Å²) in [6.07, 6.45) is -7.91. The summed E-state index contributed by atoms with van der Waals surface area (Å²) in [6, 6.07) is 9.78. The maximum atomic E-state index is 13.0. The van der Waals surface area contributed by atoms with Gasteiger partial charge in [-0.25, -0.2) is 4.57 Å². The van der Waals surface area contributed by atoms with E-state index in [-0.39, 0.29) is 42.5 Å². The van der Waals surface area contributed by atoms with Crippen molar-refractivity contribution in [3.8, 4) is 11.5 Å². The highest BCUT2D eigenvalue weighted by molar-refractivity contribution is 7.46. The van der Waals surface area contributed by atoms with E-state index in [0.717, 1.165) is 5.56 Å². The molecule has 9 unspecified atom stereocenters. The Morgan fingerprint density at radius 3 is 2.48 bits per heavy atom. The summed E-state index contributed by atoms with van der Waals surface area (Å²) in [5, 5.41) is 49.1. The predicted octanol–water partition coefficient (Wildman–Crippen LogP) is 0.985. The lowest BCUT2D eigenvalue weighted by Gasteiger charge is -2.41. The number of benzene rings is 2. The maximum absolute atomic E-state index is 13.0. The fourth-order valence-corrected chi connectivity index (χ4v) is 6.17. The van der Waals surface area contributed by atoms with Crippen LogP contribution in [-0.4, -0.2) is 104 Å². The molecule has 3 aliphatic rings. The number of amides is 1. The molecule has 18 heteroatoms. The number of rotatable bonds is 11. The first-order valence-corrected chi connectivity index (χ1v) is 16.7. The largest absolute Gasteiger partial charge is 0.524 e. The molecule has 0 spiro atoms. The molecular weight excluding hydrogens is 679 g/mol. The number of phosphoric acid groups is 1. The number of phosphoric ester groups is 1. The third-order valence-electron chi connectivity index (χ3n) is 7.91. The summed E-state index contributed by atoms with van der Waals surface area (Å²) >= 11 is 5.98. The van der Waals surface area contributed by atoms with Gasteiger partial charge in [-0.05, 0) is 55.3 Å². The fourth-order valence-electron chi connectivity index (χ4n) is 5.56. The van der Waals surface area contributed by atoms with Crippen molar-refractivity contribution < 1.29 is 67.9 Å². The molecule has 48 heavy (non-hydrogen) atoms. The van der Waals surface area contributed by atoms with Crippen LogP contribution in [0.3, 0.4) is 0 Å². The van der Waals surface area contributed by atoms with Gasteiger partial charge >= 0.3 is 7.82 Å². The van der Waals surface area contributed by atoms with Crippen LogP contribution in [0.5, 0.6) is 11.5 Å². The van der Waals surface area contributed by atoms with Crippen molar-refractivity contribution in [2.45, 2.75) is 81.9 Å². The Bertz CT molecular complexity index is 1590. The third-order valence-corrected chi connectivity index (χ3v) is 8.58. The monoisotopic (exact) mass is 714 g/mol. The molecule has 2 heterocycles. The maximum Gasteiger partial charge on any atom is 0.524 e. The minimum Gasteiger partial charge on any atom is -0.461 e. The van der Waals surface area contributed by atoms with Gasteiger partial charge in [0.2, 0.25) is 12.2 Å². The first-order valence-electron chi connectivity index (χ1n) is 14.8. The molecule has 1 saturated carbocycles. The van der Waals surface area contributed by atoms with E-state index < -0.39 is 68.8 Å². The van der Waals surface area contributed by atoms with Crippen molar-refractivity contribution in [3.63, 3.8) is 0 Å². The van der Waals surface area contributed by atoms with Gasteiger partial charge in [0.1, 0.15) is 50.0 Å². The number of hydrogen-bond acceptors (Lipinski definition) is 13. The lowest BCUT2D eigenvalue weighted by molar-refractivity contribution is -0.155. The lowest BCUT2D eigenvalue weighted by atomic mass is 9.83. The molecular formula is C30H36ClN2O14P. The normalized spacial score (nSPS) is 30.9. The van der Waals surface area contributed by atoms with E-state index >= 15 is 0 Å². The summed E-state index contributed by atoms with van der Waals surface area (Å²) in [7, 11) is -5.08. The van der Waals surface area contributed by atoms with Crippen LogP contribution in [0.25, 0.3) is 6.08 Å². The van der Waals surface area contributed by atoms with E-state index in [9.17, 15) is 39.6 Å². The number of carbonyl (C=O) groups excluding carboxylic acids is 1. The summed E-state index contributed by atoms with van der Waals surface area (Å²) in [4.78, 5) is 37.4. The number of nitrogens with zero attached hydrogens (tertiary/aromatic N) is 1.